The Labute approximate surface area is 184 Å². The van der Waals surface area contributed by atoms with Gasteiger partial charge in [-0.05, 0) is 35.9 Å². The second-order valence-electron chi connectivity index (χ2n) is 6.98. The van der Waals surface area contributed by atoms with Gasteiger partial charge >= 0.3 is 12.4 Å². The van der Waals surface area contributed by atoms with Gasteiger partial charge in [-0.1, -0.05) is 29.8 Å². The summed E-state index contributed by atoms with van der Waals surface area (Å²) in [6.45, 7) is -0.476. The lowest BCUT2D eigenvalue weighted by Crippen LogP contribution is -2.27. The van der Waals surface area contributed by atoms with E-state index in [9.17, 15) is 31.1 Å². The predicted molar refractivity (Wildman–Crippen MR) is 107 cm³/mol. The van der Waals surface area contributed by atoms with Crippen LogP contribution in [0, 0.1) is 0 Å². The monoisotopic (exact) mass is 472 g/mol. The smallest absolute Gasteiger partial charge is 0.337 e. The van der Waals surface area contributed by atoms with Gasteiger partial charge in [0.1, 0.15) is 0 Å². The zero-order valence-corrected chi connectivity index (χ0v) is 17.2. The summed E-state index contributed by atoms with van der Waals surface area (Å²) in [6.07, 6.45) is -7.18. The SMILES string of the molecule is CN(Cc1cc(C(F)(F)F)cc(C(F)(F)F)c1)C(=O)c1ccncc1-c1ccccc1Cl. The summed E-state index contributed by atoms with van der Waals surface area (Å²) in [5.74, 6) is -0.617. The summed E-state index contributed by atoms with van der Waals surface area (Å²) in [6, 6.07) is 9.33. The average Bonchev–Trinajstić information content (AvgIpc) is 2.72. The summed E-state index contributed by atoms with van der Waals surface area (Å²) in [4.78, 5) is 18.0. The van der Waals surface area contributed by atoms with E-state index in [1.807, 2.05) is 0 Å². The van der Waals surface area contributed by atoms with Crippen molar-refractivity contribution in [2.75, 3.05) is 7.05 Å². The van der Waals surface area contributed by atoms with Crippen LogP contribution in [0.1, 0.15) is 27.0 Å². The molecule has 0 aliphatic carbocycles. The van der Waals surface area contributed by atoms with Crippen molar-refractivity contribution in [3.63, 3.8) is 0 Å². The molecule has 0 saturated heterocycles. The van der Waals surface area contributed by atoms with E-state index in [1.165, 1.54) is 25.5 Å². The van der Waals surface area contributed by atoms with E-state index in [0.29, 0.717) is 28.3 Å². The molecule has 0 fully saturated rings. The van der Waals surface area contributed by atoms with Crippen LogP contribution in [0.5, 0.6) is 0 Å². The molecule has 1 amide bonds. The fourth-order valence-corrected chi connectivity index (χ4v) is 3.37. The summed E-state index contributed by atoms with van der Waals surface area (Å²) in [5, 5.41) is 0.352. The molecule has 0 saturated carbocycles. The predicted octanol–water partition coefficient (Wildman–Crippen LogP) is 6.71. The van der Waals surface area contributed by atoms with Gasteiger partial charge in [-0.2, -0.15) is 26.3 Å². The average molecular weight is 473 g/mol. The highest BCUT2D eigenvalue weighted by Crippen LogP contribution is 2.37. The zero-order chi connectivity index (χ0) is 23.7. The Bertz CT molecular complexity index is 1110. The van der Waals surface area contributed by atoms with Crippen molar-refractivity contribution in [1.29, 1.82) is 0 Å². The topological polar surface area (TPSA) is 33.2 Å². The van der Waals surface area contributed by atoms with E-state index in [-0.39, 0.29) is 17.2 Å². The number of carbonyl (C=O) groups is 1. The van der Waals surface area contributed by atoms with Gasteiger partial charge in [0.15, 0.2) is 0 Å². The van der Waals surface area contributed by atoms with Gasteiger partial charge in [-0.15, -0.1) is 0 Å². The molecule has 0 N–H and O–H groups in total. The zero-order valence-electron chi connectivity index (χ0n) is 16.4. The number of rotatable bonds is 4. The van der Waals surface area contributed by atoms with E-state index >= 15 is 0 Å². The molecule has 168 valence electrons. The maximum Gasteiger partial charge on any atom is 0.416 e. The third-order valence-electron chi connectivity index (χ3n) is 4.63. The summed E-state index contributed by atoms with van der Waals surface area (Å²) in [5.41, 5.74) is -2.14. The number of pyridine rings is 1. The minimum Gasteiger partial charge on any atom is -0.337 e. The maximum absolute atomic E-state index is 13.1. The Morgan fingerprint density at radius 2 is 1.53 bits per heavy atom. The number of carbonyl (C=O) groups excluding carboxylic acids is 1. The fourth-order valence-electron chi connectivity index (χ4n) is 3.14. The van der Waals surface area contributed by atoms with Crippen molar-refractivity contribution in [3.8, 4) is 11.1 Å². The first kappa shape index (κ1) is 23.6. The second-order valence-corrected chi connectivity index (χ2v) is 7.38. The van der Waals surface area contributed by atoms with Gasteiger partial charge in [-0.3, -0.25) is 9.78 Å². The molecule has 1 heterocycles. The van der Waals surface area contributed by atoms with Crippen LogP contribution in [0.15, 0.2) is 60.9 Å². The Kier molecular flexibility index (Phi) is 6.50. The fraction of sp³-hybridized carbons (Fsp3) is 0.182. The van der Waals surface area contributed by atoms with E-state index in [4.69, 9.17) is 11.6 Å². The van der Waals surface area contributed by atoms with Crippen LogP contribution in [0.3, 0.4) is 0 Å². The van der Waals surface area contributed by atoms with Crippen LogP contribution in [0.4, 0.5) is 26.3 Å². The number of aromatic nitrogens is 1. The Balaban J connectivity index is 1.96. The van der Waals surface area contributed by atoms with Crippen LogP contribution in [0.2, 0.25) is 5.02 Å². The summed E-state index contributed by atoms with van der Waals surface area (Å²) < 4.78 is 78.6. The van der Waals surface area contributed by atoms with Crippen molar-refractivity contribution in [1.82, 2.24) is 9.88 Å². The number of nitrogens with zero attached hydrogens (tertiary/aromatic N) is 2. The molecular formula is C22H15ClF6N2O. The van der Waals surface area contributed by atoms with Gasteiger partial charge in [0, 0.05) is 42.1 Å². The van der Waals surface area contributed by atoms with Crippen LogP contribution in [-0.4, -0.2) is 22.8 Å². The molecule has 0 spiro atoms. The van der Waals surface area contributed by atoms with Crippen molar-refractivity contribution in [2.24, 2.45) is 0 Å². The van der Waals surface area contributed by atoms with Crippen molar-refractivity contribution >= 4 is 17.5 Å². The Morgan fingerprint density at radius 1 is 0.938 bits per heavy atom. The number of benzene rings is 2. The quantitative estimate of drug-likeness (QED) is 0.395. The molecule has 32 heavy (non-hydrogen) atoms. The lowest BCUT2D eigenvalue weighted by molar-refractivity contribution is -0.143. The highest BCUT2D eigenvalue weighted by Gasteiger charge is 2.37. The van der Waals surface area contributed by atoms with E-state index in [0.717, 1.165) is 4.90 Å². The normalized spacial score (nSPS) is 12.0. The highest BCUT2D eigenvalue weighted by atomic mass is 35.5. The number of alkyl halides is 6. The van der Waals surface area contributed by atoms with Gasteiger partial charge in [0.25, 0.3) is 5.91 Å². The number of hydrogen-bond donors (Lipinski definition) is 0. The number of amides is 1. The van der Waals surface area contributed by atoms with Crippen molar-refractivity contribution in [3.05, 3.63) is 88.2 Å². The molecule has 0 unspecified atom stereocenters. The lowest BCUT2D eigenvalue weighted by Gasteiger charge is -2.21. The highest BCUT2D eigenvalue weighted by molar-refractivity contribution is 6.33. The lowest BCUT2D eigenvalue weighted by atomic mass is 10.0. The van der Waals surface area contributed by atoms with Crippen molar-refractivity contribution in [2.45, 2.75) is 18.9 Å². The molecule has 0 bridgehead atoms. The minimum absolute atomic E-state index is 0.0453. The molecule has 3 nitrogen and oxygen atoms in total. The van der Waals surface area contributed by atoms with Gasteiger partial charge < -0.3 is 4.90 Å². The third kappa shape index (κ3) is 5.21. The summed E-state index contributed by atoms with van der Waals surface area (Å²) in [7, 11) is 1.28. The molecular weight excluding hydrogens is 458 g/mol. The van der Waals surface area contributed by atoms with Crippen molar-refractivity contribution < 1.29 is 31.1 Å². The molecule has 0 atom stereocenters. The standard InChI is InChI=1S/C22H15ClF6N2O/c1-31(12-13-8-14(21(24,25)26)10-15(9-13)22(27,28)29)20(32)17-6-7-30-11-18(17)16-4-2-3-5-19(16)23/h2-11H,12H2,1H3. The molecule has 2 aromatic carbocycles. The molecule has 0 aliphatic heterocycles. The Hall–Kier alpha value is -3.07. The molecule has 0 radical (unpaired) electrons. The van der Waals surface area contributed by atoms with Crippen LogP contribution in [0.25, 0.3) is 11.1 Å². The minimum atomic E-state index is -4.97. The molecule has 0 aliphatic rings. The Morgan fingerprint density at radius 3 is 2.09 bits per heavy atom. The van der Waals surface area contributed by atoms with E-state index < -0.39 is 35.9 Å². The number of hydrogen-bond acceptors (Lipinski definition) is 2. The van der Waals surface area contributed by atoms with Gasteiger partial charge in [0.05, 0.1) is 16.7 Å². The first-order valence-corrected chi connectivity index (χ1v) is 9.48. The molecule has 3 rings (SSSR count). The first-order chi connectivity index (χ1) is 14.9. The van der Waals surface area contributed by atoms with E-state index in [2.05, 4.69) is 4.98 Å². The van der Waals surface area contributed by atoms with Crippen LogP contribution in [-0.2, 0) is 18.9 Å². The van der Waals surface area contributed by atoms with Crippen LogP contribution < -0.4 is 0 Å². The first-order valence-electron chi connectivity index (χ1n) is 9.10. The maximum atomic E-state index is 13.1. The number of halogens is 7. The molecule has 10 heteroatoms. The largest absolute Gasteiger partial charge is 0.416 e. The second kappa shape index (κ2) is 8.82. The molecule has 3 aromatic rings. The molecule has 1 aromatic heterocycles. The van der Waals surface area contributed by atoms with Crippen LogP contribution >= 0.6 is 11.6 Å². The van der Waals surface area contributed by atoms with Gasteiger partial charge in [0.2, 0.25) is 0 Å². The van der Waals surface area contributed by atoms with E-state index in [1.54, 1.807) is 24.3 Å². The van der Waals surface area contributed by atoms with Gasteiger partial charge in [-0.25, -0.2) is 0 Å². The summed E-state index contributed by atoms with van der Waals surface area (Å²) >= 11 is 6.20. The third-order valence-corrected chi connectivity index (χ3v) is 4.96.